The summed E-state index contributed by atoms with van der Waals surface area (Å²) in [7, 11) is 0. The van der Waals surface area contributed by atoms with Crippen LogP contribution in [0.4, 0.5) is 0 Å². The lowest BCUT2D eigenvalue weighted by Crippen LogP contribution is -3.15. The highest BCUT2D eigenvalue weighted by atomic mass is 32.1. The van der Waals surface area contributed by atoms with Crippen molar-refractivity contribution < 1.29 is 9.32 Å². The molecule has 5 heteroatoms. The first-order chi connectivity index (χ1) is 11.3. The fourth-order valence-corrected chi connectivity index (χ4v) is 3.18. The smallest absolute Gasteiger partial charge is 0.169 e. The molecule has 122 valence electrons. The Morgan fingerprint density at radius 3 is 2.61 bits per heavy atom. The van der Waals surface area contributed by atoms with Crippen LogP contribution in [0.25, 0.3) is 0 Å². The summed E-state index contributed by atoms with van der Waals surface area (Å²) in [4.78, 5) is 3.93. The summed E-state index contributed by atoms with van der Waals surface area (Å²) < 4.78 is 5.32. The van der Waals surface area contributed by atoms with Crippen LogP contribution in [0, 0.1) is 0 Å². The van der Waals surface area contributed by atoms with Crippen molar-refractivity contribution in [3.05, 3.63) is 60.1 Å². The molecule has 2 aromatic rings. The highest BCUT2D eigenvalue weighted by molar-refractivity contribution is 7.80. The van der Waals surface area contributed by atoms with Crippen LogP contribution in [0.1, 0.15) is 11.3 Å². The second kappa shape index (κ2) is 8.13. The fraction of sp³-hybridized carbons (Fsp3) is 0.389. The van der Waals surface area contributed by atoms with E-state index in [1.165, 1.54) is 12.1 Å². The molecule has 0 bridgehead atoms. The molecule has 3 rings (SSSR count). The van der Waals surface area contributed by atoms with Crippen molar-refractivity contribution in [2.45, 2.75) is 13.0 Å². The SMILES string of the molecule is S=C(NCc1ccco1)N1CC[NH+](CCc2ccccc2)CC1. The molecule has 1 aromatic carbocycles. The predicted molar refractivity (Wildman–Crippen MR) is 95.4 cm³/mol. The zero-order valence-corrected chi connectivity index (χ0v) is 14.1. The molecule has 0 atom stereocenters. The van der Waals surface area contributed by atoms with Gasteiger partial charge in [0.05, 0.1) is 45.5 Å². The van der Waals surface area contributed by atoms with E-state index >= 15 is 0 Å². The molecule has 1 aliphatic rings. The molecular weight excluding hydrogens is 306 g/mol. The molecule has 4 nitrogen and oxygen atoms in total. The number of quaternary nitrogens is 1. The van der Waals surface area contributed by atoms with Gasteiger partial charge in [0.15, 0.2) is 5.11 Å². The summed E-state index contributed by atoms with van der Waals surface area (Å²) in [6.45, 7) is 6.20. The Bertz CT molecular complexity index is 592. The summed E-state index contributed by atoms with van der Waals surface area (Å²) >= 11 is 5.49. The van der Waals surface area contributed by atoms with Crippen molar-refractivity contribution in [2.24, 2.45) is 0 Å². The van der Waals surface area contributed by atoms with Crippen LogP contribution in [-0.4, -0.2) is 42.7 Å². The molecular formula is C18H24N3OS+. The fourth-order valence-electron chi connectivity index (χ4n) is 2.93. The molecule has 0 spiro atoms. The van der Waals surface area contributed by atoms with E-state index < -0.39 is 0 Å². The van der Waals surface area contributed by atoms with Gasteiger partial charge in [0.1, 0.15) is 5.76 Å². The van der Waals surface area contributed by atoms with Crippen LogP contribution in [0.5, 0.6) is 0 Å². The van der Waals surface area contributed by atoms with Gasteiger partial charge >= 0.3 is 0 Å². The Hall–Kier alpha value is -1.85. The van der Waals surface area contributed by atoms with E-state index in [1.54, 1.807) is 11.2 Å². The minimum atomic E-state index is 0.660. The maximum Gasteiger partial charge on any atom is 0.169 e. The quantitative estimate of drug-likeness (QED) is 0.805. The van der Waals surface area contributed by atoms with E-state index in [0.717, 1.165) is 43.5 Å². The van der Waals surface area contributed by atoms with Crippen molar-refractivity contribution in [3.8, 4) is 0 Å². The molecule has 0 saturated carbocycles. The van der Waals surface area contributed by atoms with Gasteiger partial charge in [-0.2, -0.15) is 0 Å². The number of nitrogens with zero attached hydrogens (tertiary/aromatic N) is 1. The average Bonchev–Trinajstić information content (AvgIpc) is 3.13. The number of hydrogen-bond donors (Lipinski definition) is 2. The van der Waals surface area contributed by atoms with Crippen LogP contribution in [0.3, 0.4) is 0 Å². The van der Waals surface area contributed by atoms with E-state index in [0.29, 0.717) is 6.54 Å². The van der Waals surface area contributed by atoms with Crippen LogP contribution < -0.4 is 10.2 Å². The zero-order chi connectivity index (χ0) is 15.9. The first-order valence-corrected chi connectivity index (χ1v) is 8.65. The van der Waals surface area contributed by atoms with Crippen molar-refractivity contribution in [1.82, 2.24) is 10.2 Å². The van der Waals surface area contributed by atoms with Gasteiger partial charge in [-0.3, -0.25) is 0 Å². The minimum absolute atomic E-state index is 0.660. The highest BCUT2D eigenvalue weighted by Gasteiger charge is 2.21. The number of nitrogens with one attached hydrogen (secondary N) is 2. The molecule has 2 N–H and O–H groups in total. The monoisotopic (exact) mass is 330 g/mol. The first kappa shape index (κ1) is 16.0. The Balaban J connectivity index is 1.37. The Kier molecular flexibility index (Phi) is 5.66. The Morgan fingerprint density at radius 2 is 1.91 bits per heavy atom. The van der Waals surface area contributed by atoms with Crippen molar-refractivity contribution in [3.63, 3.8) is 0 Å². The molecule has 0 radical (unpaired) electrons. The molecule has 1 saturated heterocycles. The topological polar surface area (TPSA) is 32.9 Å². The van der Waals surface area contributed by atoms with E-state index in [-0.39, 0.29) is 0 Å². The molecule has 1 aromatic heterocycles. The zero-order valence-electron chi connectivity index (χ0n) is 13.3. The molecule has 2 heterocycles. The third-order valence-corrected chi connectivity index (χ3v) is 4.76. The molecule has 23 heavy (non-hydrogen) atoms. The number of benzene rings is 1. The first-order valence-electron chi connectivity index (χ1n) is 8.24. The highest BCUT2D eigenvalue weighted by Crippen LogP contribution is 2.00. The molecule has 0 amide bonds. The standard InChI is InChI=1S/C18H23N3OS/c23-18(19-15-17-7-4-14-22-17)21-12-10-20(11-13-21)9-8-16-5-2-1-3-6-16/h1-7,14H,8-13,15H2,(H,19,23)/p+1. The maximum atomic E-state index is 5.49. The van der Waals surface area contributed by atoms with Gasteiger partial charge in [0.25, 0.3) is 0 Å². The van der Waals surface area contributed by atoms with Crippen LogP contribution >= 0.6 is 12.2 Å². The van der Waals surface area contributed by atoms with Crippen molar-refractivity contribution in [2.75, 3.05) is 32.7 Å². The number of thiocarbonyl (C=S) groups is 1. The van der Waals surface area contributed by atoms with Gasteiger partial charge in [-0.05, 0) is 29.9 Å². The number of piperazine rings is 1. The number of rotatable bonds is 5. The average molecular weight is 330 g/mol. The van der Waals surface area contributed by atoms with Crippen LogP contribution in [0.15, 0.2) is 53.1 Å². The summed E-state index contributed by atoms with van der Waals surface area (Å²) in [5, 5.41) is 4.12. The molecule has 0 unspecified atom stereocenters. The van der Waals surface area contributed by atoms with E-state index in [2.05, 4.69) is 40.5 Å². The lowest BCUT2D eigenvalue weighted by Gasteiger charge is -2.33. The van der Waals surface area contributed by atoms with Crippen molar-refractivity contribution >= 4 is 17.3 Å². The molecule has 0 aliphatic carbocycles. The van der Waals surface area contributed by atoms with Gasteiger partial charge in [-0.15, -0.1) is 0 Å². The second-order valence-electron chi connectivity index (χ2n) is 5.96. The van der Waals surface area contributed by atoms with Gasteiger partial charge in [0.2, 0.25) is 0 Å². The molecule has 1 fully saturated rings. The van der Waals surface area contributed by atoms with Crippen molar-refractivity contribution in [1.29, 1.82) is 0 Å². The normalized spacial score (nSPS) is 15.6. The van der Waals surface area contributed by atoms with E-state index in [4.69, 9.17) is 16.6 Å². The lowest BCUT2D eigenvalue weighted by molar-refractivity contribution is -0.903. The summed E-state index contributed by atoms with van der Waals surface area (Å²) in [5.74, 6) is 0.916. The second-order valence-corrected chi connectivity index (χ2v) is 6.35. The van der Waals surface area contributed by atoms with Crippen LogP contribution in [-0.2, 0) is 13.0 Å². The Labute approximate surface area is 143 Å². The largest absolute Gasteiger partial charge is 0.467 e. The van der Waals surface area contributed by atoms with Gasteiger partial charge in [-0.1, -0.05) is 30.3 Å². The predicted octanol–water partition coefficient (Wildman–Crippen LogP) is 1.10. The third kappa shape index (κ3) is 4.81. The molecule has 1 aliphatic heterocycles. The van der Waals surface area contributed by atoms with E-state index in [9.17, 15) is 0 Å². The lowest BCUT2D eigenvalue weighted by atomic mass is 10.1. The summed E-state index contributed by atoms with van der Waals surface area (Å²) in [5.41, 5.74) is 1.43. The van der Waals surface area contributed by atoms with Gasteiger partial charge in [0, 0.05) is 6.42 Å². The minimum Gasteiger partial charge on any atom is -0.467 e. The number of furan rings is 1. The maximum absolute atomic E-state index is 5.49. The summed E-state index contributed by atoms with van der Waals surface area (Å²) in [6.07, 6.45) is 2.84. The Morgan fingerprint density at radius 1 is 1.13 bits per heavy atom. The van der Waals surface area contributed by atoms with Gasteiger partial charge < -0.3 is 19.5 Å². The van der Waals surface area contributed by atoms with Crippen LogP contribution in [0.2, 0.25) is 0 Å². The van der Waals surface area contributed by atoms with E-state index in [1.807, 2.05) is 12.1 Å². The summed E-state index contributed by atoms with van der Waals surface area (Å²) in [6, 6.07) is 14.6. The van der Waals surface area contributed by atoms with Gasteiger partial charge in [-0.25, -0.2) is 0 Å². The third-order valence-electron chi connectivity index (χ3n) is 4.36. The number of hydrogen-bond acceptors (Lipinski definition) is 2.